The fourth-order valence-corrected chi connectivity index (χ4v) is 3.08. The molecule has 0 aliphatic carbocycles. The highest BCUT2D eigenvalue weighted by Crippen LogP contribution is 2.34. The van der Waals surface area contributed by atoms with E-state index in [0.29, 0.717) is 10.6 Å². The predicted octanol–water partition coefficient (Wildman–Crippen LogP) is 4.86. The standard InChI is InChI=1S/C16H10ClNOS/c17-15(19)14-13(11-7-3-1-4-8-11)18-16(20-14)12-9-5-2-6-10-12/h1-10H. The second-order valence-electron chi connectivity index (χ2n) is 4.20. The molecule has 20 heavy (non-hydrogen) atoms. The lowest BCUT2D eigenvalue weighted by Gasteiger charge is -1.97. The van der Waals surface area contributed by atoms with Gasteiger partial charge in [0.25, 0.3) is 5.24 Å². The number of rotatable bonds is 3. The van der Waals surface area contributed by atoms with Gasteiger partial charge in [-0.3, -0.25) is 4.79 Å². The van der Waals surface area contributed by atoms with Crippen LogP contribution in [0.1, 0.15) is 9.67 Å². The molecule has 1 aromatic heterocycles. The summed E-state index contributed by atoms with van der Waals surface area (Å²) in [6.45, 7) is 0. The van der Waals surface area contributed by atoms with Crippen LogP contribution in [0.4, 0.5) is 0 Å². The van der Waals surface area contributed by atoms with Gasteiger partial charge in [-0.1, -0.05) is 60.7 Å². The third-order valence-corrected chi connectivity index (χ3v) is 4.28. The molecule has 0 aliphatic rings. The highest BCUT2D eigenvalue weighted by molar-refractivity contribution is 7.19. The van der Waals surface area contributed by atoms with Crippen LogP contribution in [-0.4, -0.2) is 10.2 Å². The molecule has 0 fully saturated rings. The highest BCUT2D eigenvalue weighted by Gasteiger charge is 2.18. The fourth-order valence-electron chi connectivity index (χ4n) is 1.95. The number of hydrogen-bond donors (Lipinski definition) is 0. The summed E-state index contributed by atoms with van der Waals surface area (Å²) in [5, 5.41) is 0.331. The Hall–Kier alpha value is -1.97. The molecule has 0 atom stereocenters. The van der Waals surface area contributed by atoms with E-state index in [4.69, 9.17) is 11.6 Å². The van der Waals surface area contributed by atoms with E-state index in [1.54, 1.807) is 0 Å². The number of benzene rings is 2. The molecule has 3 aromatic rings. The third-order valence-electron chi connectivity index (χ3n) is 2.87. The van der Waals surface area contributed by atoms with E-state index >= 15 is 0 Å². The van der Waals surface area contributed by atoms with Gasteiger partial charge >= 0.3 is 0 Å². The smallest absolute Gasteiger partial charge is 0.264 e. The van der Waals surface area contributed by atoms with Gasteiger partial charge in [-0.05, 0) is 11.6 Å². The number of nitrogens with zero attached hydrogens (tertiary/aromatic N) is 1. The lowest BCUT2D eigenvalue weighted by Crippen LogP contribution is -1.88. The zero-order chi connectivity index (χ0) is 13.9. The van der Waals surface area contributed by atoms with Crippen LogP contribution in [0.5, 0.6) is 0 Å². The van der Waals surface area contributed by atoms with Gasteiger partial charge in [-0.25, -0.2) is 4.98 Å². The maximum absolute atomic E-state index is 11.6. The summed E-state index contributed by atoms with van der Waals surface area (Å²) in [4.78, 5) is 16.7. The van der Waals surface area contributed by atoms with Gasteiger partial charge in [-0.2, -0.15) is 0 Å². The van der Waals surface area contributed by atoms with Gasteiger partial charge < -0.3 is 0 Å². The molecule has 1 heterocycles. The zero-order valence-electron chi connectivity index (χ0n) is 10.4. The Morgan fingerprint density at radius 2 is 1.45 bits per heavy atom. The first kappa shape index (κ1) is 13.0. The van der Waals surface area contributed by atoms with Crippen molar-refractivity contribution in [3.8, 4) is 21.8 Å². The summed E-state index contributed by atoms with van der Waals surface area (Å²) >= 11 is 7.01. The molecule has 2 nitrogen and oxygen atoms in total. The van der Waals surface area contributed by atoms with Crippen LogP contribution in [0.25, 0.3) is 21.8 Å². The molecular weight excluding hydrogens is 290 g/mol. The average Bonchev–Trinajstić information content (AvgIpc) is 2.94. The second-order valence-corrected chi connectivity index (χ2v) is 5.54. The summed E-state index contributed by atoms with van der Waals surface area (Å²) in [6, 6.07) is 19.4. The molecular formula is C16H10ClNOS. The first-order valence-electron chi connectivity index (χ1n) is 6.07. The summed E-state index contributed by atoms with van der Waals surface area (Å²) < 4.78 is 0. The minimum Gasteiger partial charge on any atom is -0.275 e. The Balaban J connectivity index is 2.15. The molecule has 0 bridgehead atoms. The number of hydrogen-bond acceptors (Lipinski definition) is 3. The van der Waals surface area contributed by atoms with Crippen LogP contribution in [0.15, 0.2) is 60.7 Å². The van der Waals surface area contributed by atoms with Crippen molar-refractivity contribution >= 4 is 28.2 Å². The number of thiazole rings is 1. The van der Waals surface area contributed by atoms with Crippen LogP contribution in [0.2, 0.25) is 0 Å². The molecule has 0 spiro atoms. The number of halogens is 1. The molecule has 0 radical (unpaired) electrons. The normalized spacial score (nSPS) is 10.4. The molecule has 2 aromatic carbocycles. The Bertz CT molecular complexity index is 738. The van der Waals surface area contributed by atoms with Crippen LogP contribution in [-0.2, 0) is 0 Å². The minimum atomic E-state index is -0.469. The second kappa shape index (κ2) is 5.57. The van der Waals surface area contributed by atoms with E-state index in [1.807, 2.05) is 60.7 Å². The van der Waals surface area contributed by atoms with Gasteiger partial charge in [0, 0.05) is 11.1 Å². The van der Waals surface area contributed by atoms with Gasteiger partial charge in [0.15, 0.2) is 0 Å². The Kier molecular flexibility index (Phi) is 3.63. The molecule has 0 amide bonds. The maximum atomic E-state index is 11.6. The molecule has 0 N–H and O–H groups in total. The van der Waals surface area contributed by atoms with Crippen LogP contribution in [0.3, 0.4) is 0 Å². The van der Waals surface area contributed by atoms with E-state index in [9.17, 15) is 4.79 Å². The van der Waals surface area contributed by atoms with E-state index in [2.05, 4.69) is 4.98 Å². The van der Waals surface area contributed by atoms with E-state index < -0.39 is 5.24 Å². The van der Waals surface area contributed by atoms with Crippen molar-refractivity contribution in [2.24, 2.45) is 0 Å². The monoisotopic (exact) mass is 299 g/mol. The van der Waals surface area contributed by atoms with Crippen molar-refractivity contribution in [3.63, 3.8) is 0 Å². The Morgan fingerprint density at radius 3 is 2.00 bits per heavy atom. The molecule has 0 saturated carbocycles. The largest absolute Gasteiger partial charge is 0.275 e. The van der Waals surface area contributed by atoms with E-state index in [-0.39, 0.29) is 0 Å². The molecule has 98 valence electrons. The van der Waals surface area contributed by atoms with Crippen molar-refractivity contribution < 1.29 is 4.79 Å². The average molecular weight is 300 g/mol. The minimum absolute atomic E-state index is 0.469. The van der Waals surface area contributed by atoms with Crippen LogP contribution >= 0.6 is 22.9 Å². The van der Waals surface area contributed by atoms with Gasteiger partial charge in [0.2, 0.25) is 0 Å². The molecule has 0 unspecified atom stereocenters. The first-order chi connectivity index (χ1) is 9.75. The van der Waals surface area contributed by atoms with E-state index in [0.717, 1.165) is 16.1 Å². The quantitative estimate of drug-likeness (QED) is 0.647. The van der Waals surface area contributed by atoms with Crippen molar-refractivity contribution in [2.75, 3.05) is 0 Å². The fraction of sp³-hybridized carbons (Fsp3) is 0. The number of carbonyl (C=O) groups excluding carboxylic acids is 1. The maximum Gasteiger partial charge on any atom is 0.264 e. The summed E-state index contributed by atoms with van der Waals surface area (Å²) in [7, 11) is 0. The lowest BCUT2D eigenvalue weighted by molar-refractivity contribution is 0.108. The lowest BCUT2D eigenvalue weighted by atomic mass is 10.1. The molecule has 0 aliphatic heterocycles. The Morgan fingerprint density at radius 1 is 0.900 bits per heavy atom. The van der Waals surface area contributed by atoms with Gasteiger partial charge in [0.1, 0.15) is 9.88 Å². The Labute approximate surface area is 125 Å². The highest BCUT2D eigenvalue weighted by atomic mass is 35.5. The van der Waals surface area contributed by atoms with Gasteiger partial charge in [0.05, 0.1) is 5.69 Å². The SMILES string of the molecule is O=C(Cl)c1sc(-c2ccccc2)nc1-c1ccccc1. The summed E-state index contributed by atoms with van der Waals surface area (Å²) in [5.74, 6) is 0. The van der Waals surface area contributed by atoms with Crippen LogP contribution < -0.4 is 0 Å². The van der Waals surface area contributed by atoms with Crippen molar-refractivity contribution in [1.29, 1.82) is 0 Å². The van der Waals surface area contributed by atoms with Crippen molar-refractivity contribution in [1.82, 2.24) is 4.98 Å². The number of carbonyl (C=O) groups is 1. The molecule has 4 heteroatoms. The predicted molar refractivity (Wildman–Crippen MR) is 83.2 cm³/mol. The van der Waals surface area contributed by atoms with E-state index in [1.165, 1.54) is 11.3 Å². The van der Waals surface area contributed by atoms with Gasteiger partial charge in [-0.15, -0.1) is 11.3 Å². The van der Waals surface area contributed by atoms with Crippen molar-refractivity contribution in [3.05, 3.63) is 65.5 Å². The zero-order valence-corrected chi connectivity index (χ0v) is 12.0. The molecule has 3 rings (SSSR count). The topological polar surface area (TPSA) is 30.0 Å². The van der Waals surface area contributed by atoms with Crippen LogP contribution in [0, 0.1) is 0 Å². The first-order valence-corrected chi connectivity index (χ1v) is 7.26. The van der Waals surface area contributed by atoms with Crippen molar-refractivity contribution in [2.45, 2.75) is 0 Å². The summed E-state index contributed by atoms with van der Waals surface area (Å²) in [5.41, 5.74) is 2.53. The number of aromatic nitrogens is 1. The summed E-state index contributed by atoms with van der Waals surface area (Å²) in [6.07, 6.45) is 0. The third kappa shape index (κ3) is 2.50. The molecule has 0 saturated heterocycles.